The Morgan fingerprint density at radius 1 is 1.35 bits per heavy atom. The Morgan fingerprint density at radius 2 is 2.04 bits per heavy atom. The van der Waals surface area contributed by atoms with Crippen molar-refractivity contribution in [1.29, 1.82) is 0 Å². The first-order chi connectivity index (χ1) is 10.9. The second-order valence-electron chi connectivity index (χ2n) is 5.89. The van der Waals surface area contributed by atoms with Crippen LogP contribution in [0, 0.1) is 0 Å². The number of rotatable bonds is 6. The van der Waals surface area contributed by atoms with Crippen molar-refractivity contribution in [2.75, 3.05) is 32.5 Å². The van der Waals surface area contributed by atoms with Crippen LogP contribution < -0.4 is 10.1 Å². The van der Waals surface area contributed by atoms with Crippen LogP contribution >= 0.6 is 0 Å². The van der Waals surface area contributed by atoms with Gasteiger partial charge in [0.05, 0.1) is 11.5 Å². The molecule has 1 N–H and O–H groups in total. The van der Waals surface area contributed by atoms with E-state index in [0.29, 0.717) is 31.2 Å². The molecule has 1 aromatic rings. The molecule has 0 spiro atoms. The summed E-state index contributed by atoms with van der Waals surface area (Å²) in [4.78, 5) is 14.2. The lowest BCUT2D eigenvalue weighted by atomic mass is 10.2. The molecule has 1 unspecified atom stereocenters. The van der Waals surface area contributed by atoms with E-state index >= 15 is 0 Å². The predicted molar refractivity (Wildman–Crippen MR) is 88.3 cm³/mol. The monoisotopic (exact) mass is 340 g/mol. The Hall–Kier alpha value is -1.60. The first-order valence-electron chi connectivity index (χ1n) is 7.80. The average molecular weight is 340 g/mol. The van der Waals surface area contributed by atoms with E-state index in [1.807, 2.05) is 4.90 Å². The van der Waals surface area contributed by atoms with Crippen molar-refractivity contribution in [1.82, 2.24) is 10.2 Å². The largest absolute Gasteiger partial charge is 0.494 e. The number of piperazine rings is 1. The van der Waals surface area contributed by atoms with Crippen molar-refractivity contribution < 1.29 is 17.9 Å². The fourth-order valence-electron chi connectivity index (χ4n) is 2.51. The normalized spacial score (nSPS) is 18.7. The van der Waals surface area contributed by atoms with Crippen LogP contribution in [0.15, 0.2) is 29.2 Å². The number of carbonyl (C=O) groups is 1. The maximum atomic E-state index is 12.1. The minimum Gasteiger partial charge on any atom is -0.494 e. The van der Waals surface area contributed by atoms with Gasteiger partial charge in [-0.05, 0) is 37.6 Å². The highest BCUT2D eigenvalue weighted by molar-refractivity contribution is 7.90. The summed E-state index contributed by atoms with van der Waals surface area (Å²) in [5.74, 6) is 0.773. The summed E-state index contributed by atoms with van der Waals surface area (Å²) < 4.78 is 28.3. The van der Waals surface area contributed by atoms with Gasteiger partial charge in [-0.2, -0.15) is 0 Å². The summed E-state index contributed by atoms with van der Waals surface area (Å²) in [6, 6.07) is 6.67. The second kappa shape index (κ2) is 7.79. The van der Waals surface area contributed by atoms with Crippen LogP contribution in [0.2, 0.25) is 0 Å². The minimum atomic E-state index is -3.18. The fourth-order valence-corrected chi connectivity index (χ4v) is 3.14. The molecule has 1 heterocycles. The Bertz CT molecular complexity index is 628. The van der Waals surface area contributed by atoms with Gasteiger partial charge in [0.15, 0.2) is 9.84 Å². The number of sulfone groups is 1. The maximum Gasteiger partial charge on any atom is 0.222 e. The number of hydrogen-bond acceptors (Lipinski definition) is 5. The Morgan fingerprint density at radius 3 is 2.65 bits per heavy atom. The molecule has 0 radical (unpaired) electrons. The van der Waals surface area contributed by atoms with Crippen molar-refractivity contribution in [3.05, 3.63) is 24.3 Å². The molecule has 0 aliphatic carbocycles. The number of nitrogens with one attached hydrogen (secondary N) is 1. The molecule has 23 heavy (non-hydrogen) atoms. The van der Waals surface area contributed by atoms with Gasteiger partial charge >= 0.3 is 0 Å². The van der Waals surface area contributed by atoms with Crippen LogP contribution in [-0.4, -0.2) is 57.8 Å². The molecule has 7 heteroatoms. The number of nitrogens with zero attached hydrogens (tertiary/aromatic N) is 1. The van der Waals surface area contributed by atoms with Crippen molar-refractivity contribution in [3.8, 4) is 5.75 Å². The molecular weight excluding hydrogens is 316 g/mol. The molecule has 1 atom stereocenters. The van der Waals surface area contributed by atoms with Gasteiger partial charge < -0.3 is 15.0 Å². The van der Waals surface area contributed by atoms with Crippen molar-refractivity contribution in [2.24, 2.45) is 0 Å². The molecule has 1 aromatic carbocycles. The van der Waals surface area contributed by atoms with E-state index < -0.39 is 9.84 Å². The molecule has 0 bridgehead atoms. The number of amides is 1. The summed E-state index contributed by atoms with van der Waals surface area (Å²) in [6.07, 6.45) is 2.28. The summed E-state index contributed by atoms with van der Waals surface area (Å²) in [5, 5.41) is 3.31. The topological polar surface area (TPSA) is 75.7 Å². The molecule has 1 amide bonds. The van der Waals surface area contributed by atoms with Gasteiger partial charge in [-0.15, -0.1) is 0 Å². The molecule has 1 aliphatic heterocycles. The van der Waals surface area contributed by atoms with E-state index in [2.05, 4.69) is 12.2 Å². The van der Waals surface area contributed by atoms with Crippen molar-refractivity contribution >= 4 is 15.7 Å². The number of hydrogen-bond donors (Lipinski definition) is 1. The van der Waals surface area contributed by atoms with Gasteiger partial charge in [0.2, 0.25) is 5.91 Å². The van der Waals surface area contributed by atoms with E-state index in [1.54, 1.807) is 12.1 Å². The molecule has 6 nitrogen and oxygen atoms in total. The molecule has 128 valence electrons. The van der Waals surface area contributed by atoms with E-state index in [0.717, 1.165) is 19.6 Å². The summed E-state index contributed by atoms with van der Waals surface area (Å²) in [7, 11) is -3.18. The lowest BCUT2D eigenvalue weighted by molar-refractivity contribution is -0.132. The third kappa shape index (κ3) is 5.51. The lowest BCUT2D eigenvalue weighted by Crippen LogP contribution is -2.51. The first kappa shape index (κ1) is 17.7. The molecule has 1 aliphatic rings. The smallest absolute Gasteiger partial charge is 0.222 e. The quantitative estimate of drug-likeness (QED) is 0.784. The van der Waals surface area contributed by atoms with Gasteiger partial charge in [-0.25, -0.2) is 8.42 Å². The van der Waals surface area contributed by atoms with E-state index in [-0.39, 0.29) is 10.8 Å². The predicted octanol–water partition coefficient (Wildman–Crippen LogP) is 1.07. The maximum absolute atomic E-state index is 12.1. The standard InChI is InChI=1S/C16H24N2O4S/c1-13-12-18(10-9-17-13)16(19)4-3-11-22-14-5-7-15(8-6-14)23(2,20)21/h5-8,13,17H,3-4,9-12H2,1-2H3. The number of carbonyl (C=O) groups excluding carboxylic acids is 1. The van der Waals surface area contributed by atoms with Gasteiger partial charge in [0, 0.05) is 38.4 Å². The van der Waals surface area contributed by atoms with Gasteiger partial charge in [-0.3, -0.25) is 4.79 Å². The zero-order chi connectivity index (χ0) is 16.9. The molecule has 0 aromatic heterocycles. The fraction of sp³-hybridized carbons (Fsp3) is 0.562. The van der Waals surface area contributed by atoms with Gasteiger partial charge in [0.1, 0.15) is 5.75 Å². The third-order valence-electron chi connectivity index (χ3n) is 3.78. The van der Waals surface area contributed by atoms with Crippen LogP contribution in [-0.2, 0) is 14.6 Å². The highest BCUT2D eigenvalue weighted by atomic mass is 32.2. The van der Waals surface area contributed by atoms with Crippen LogP contribution in [0.5, 0.6) is 5.75 Å². The Kier molecular flexibility index (Phi) is 6.01. The molecule has 1 saturated heterocycles. The van der Waals surface area contributed by atoms with E-state index in [9.17, 15) is 13.2 Å². The first-order valence-corrected chi connectivity index (χ1v) is 9.69. The summed E-state index contributed by atoms with van der Waals surface area (Å²) in [6.45, 7) is 4.87. The summed E-state index contributed by atoms with van der Waals surface area (Å²) >= 11 is 0. The third-order valence-corrected chi connectivity index (χ3v) is 4.91. The second-order valence-corrected chi connectivity index (χ2v) is 7.91. The van der Waals surface area contributed by atoms with Crippen LogP contribution in [0.3, 0.4) is 0 Å². The molecular formula is C16H24N2O4S. The number of ether oxygens (including phenoxy) is 1. The van der Waals surface area contributed by atoms with Crippen LogP contribution in [0.25, 0.3) is 0 Å². The average Bonchev–Trinajstić information content (AvgIpc) is 2.51. The highest BCUT2D eigenvalue weighted by Crippen LogP contribution is 2.16. The van der Waals surface area contributed by atoms with Crippen molar-refractivity contribution in [3.63, 3.8) is 0 Å². The molecule has 2 rings (SSSR count). The van der Waals surface area contributed by atoms with E-state index in [1.165, 1.54) is 18.4 Å². The Labute approximate surface area is 137 Å². The molecule has 0 saturated carbocycles. The van der Waals surface area contributed by atoms with Crippen molar-refractivity contribution in [2.45, 2.75) is 30.7 Å². The zero-order valence-corrected chi connectivity index (χ0v) is 14.4. The van der Waals surface area contributed by atoms with Crippen LogP contribution in [0.4, 0.5) is 0 Å². The Balaban J connectivity index is 1.72. The van der Waals surface area contributed by atoms with E-state index in [4.69, 9.17) is 4.74 Å². The number of benzene rings is 1. The molecule has 1 fully saturated rings. The van der Waals surface area contributed by atoms with Gasteiger partial charge in [0.25, 0.3) is 0 Å². The van der Waals surface area contributed by atoms with Crippen LogP contribution in [0.1, 0.15) is 19.8 Å². The minimum absolute atomic E-state index is 0.161. The SMILES string of the molecule is CC1CN(C(=O)CCCOc2ccc(S(C)(=O)=O)cc2)CCN1. The highest BCUT2D eigenvalue weighted by Gasteiger charge is 2.19. The zero-order valence-electron chi connectivity index (χ0n) is 13.6. The lowest BCUT2D eigenvalue weighted by Gasteiger charge is -2.32. The van der Waals surface area contributed by atoms with Gasteiger partial charge in [-0.1, -0.05) is 0 Å². The summed E-state index contributed by atoms with van der Waals surface area (Å²) in [5.41, 5.74) is 0.